The number of nitrogens with one attached hydrogen (secondary N) is 1. The first-order valence-corrected chi connectivity index (χ1v) is 9.90. The summed E-state index contributed by atoms with van der Waals surface area (Å²) < 4.78 is 7.06. The van der Waals surface area contributed by atoms with Crippen LogP contribution in [0.3, 0.4) is 0 Å². The normalized spacial score (nSPS) is 10.5. The predicted molar refractivity (Wildman–Crippen MR) is 105 cm³/mol. The van der Waals surface area contributed by atoms with Crippen molar-refractivity contribution in [3.8, 4) is 5.75 Å². The number of carbonyl (C=O) groups is 1. The van der Waals surface area contributed by atoms with Crippen LogP contribution in [-0.2, 0) is 5.75 Å². The molecule has 3 rings (SSSR count). The fourth-order valence-electron chi connectivity index (χ4n) is 2.04. The van der Waals surface area contributed by atoms with Crippen molar-refractivity contribution in [3.05, 3.63) is 64.1 Å². The van der Waals surface area contributed by atoms with Gasteiger partial charge in [-0.25, -0.2) is 0 Å². The van der Waals surface area contributed by atoms with E-state index in [1.165, 1.54) is 24.0 Å². The first kappa shape index (κ1) is 17.9. The summed E-state index contributed by atoms with van der Waals surface area (Å²) in [4.78, 5) is 12.4. The van der Waals surface area contributed by atoms with Crippen LogP contribution in [-0.4, -0.2) is 23.2 Å². The molecule has 128 valence electrons. The van der Waals surface area contributed by atoms with Crippen LogP contribution in [0, 0.1) is 0 Å². The number of methoxy groups -OCH3 is 1. The van der Waals surface area contributed by atoms with Crippen molar-refractivity contribution in [2.75, 3.05) is 12.4 Å². The van der Waals surface area contributed by atoms with E-state index in [-0.39, 0.29) is 5.91 Å². The average molecular weight is 436 g/mol. The number of carbonyl (C=O) groups excluding carboxylic acids is 1. The third-order valence-corrected chi connectivity index (χ3v) is 5.83. The van der Waals surface area contributed by atoms with E-state index < -0.39 is 0 Å². The Labute approximate surface area is 162 Å². The zero-order valence-corrected chi connectivity index (χ0v) is 16.5. The van der Waals surface area contributed by atoms with Crippen LogP contribution in [0.4, 0.5) is 5.13 Å². The summed E-state index contributed by atoms with van der Waals surface area (Å²) in [6.45, 7) is 0. The number of rotatable bonds is 6. The van der Waals surface area contributed by atoms with E-state index in [1.807, 2.05) is 18.2 Å². The SMILES string of the molecule is COc1ccccc1C(=O)Nc1nnc(SCc2ccc(Br)cc2)s1. The van der Waals surface area contributed by atoms with Crippen molar-refractivity contribution in [2.24, 2.45) is 0 Å². The second kappa shape index (κ2) is 8.46. The van der Waals surface area contributed by atoms with Gasteiger partial charge in [0.15, 0.2) is 4.34 Å². The summed E-state index contributed by atoms with van der Waals surface area (Å²) in [6, 6.07) is 15.2. The highest BCUT2D eigenvalue weighted by molar-refractivity contribution is 9.10. The van der Waals surface area contributed by atoms with Gasteiger partial charge in [0.2, 0.25) is 5.13 Å². The number of aromatic nitrogens is 2. The molecule has 5 nitrogen and oxygen atoms in total. The van der Waals surface area contributed by atoms with Crippen LogP contribution in [0.5, 0.6) is 5.75 Å². The van der Waals surface area contributed by atoms with Crippen LogP contribution in [0.15, 0.2) is 57.3 Å². The molecule has 1 heterocycles. The standard InChI is InChI=1S/C17H14BrN3O2S2/c1-23-14-5-3-2-4-13(14)15(22)19-16-20-21-17(25-16)24-10-11-6-8-12(18)9-7-11/h2-9H,10H2,1H3,(H,19,20,22). The largest absolute Gasteiger partial charge is 0.496 e. The van der Waals surface area contributed by atoms with Gasteiger partial charge in [0, 0.05) is 10.2 Å². The van der Waals surface area contributed by atoms with E-state index in [2.05, 4.69) is 43.6 Å². The average Bonchev–Trinajstić information content (AvgIpc) is 3.08. The first-order valence-electron chi connectivity index (χ1n) is 7.31. The van der Waals surface area contributed by atoms with Gasteiger partial charge in [0.05, 0.1) is 12.7 Å². The summed E-state index contributed by atoms with van der Waals surface area (Å²) in [5.41, 5.74) is 1.66. The predicted octanol–water partition coefficient (Wildman–Crippen LogP) is 4.85. The number of halogens is 1. The Morgan fingerprint density at radius 3 is 2.72 bits per heavy atom. The number of hydrogen-bond donors (Lipinski definition) is 1. The van der Waals surface area contributed by atoms with Crippen molar-refractivity contribution >= 4 is 50.1 Å². The number of thioether (sulfide) groups is 1. The molecule has 1 aromatic heterocycles. The number of nitrogens with zero attached hydrogens (tertiary/aromatic N) is 2. The monoisotopic (exact) mass is 435 g/mol. The number of hydrogen-bond acceptors (Lipinski definition) is 6. The molecule has 0 saturated carbocycles. The fourth-order valence-corrected chi connectivity index (χ4v) is 4.01. The van der Waals surface area contributed by atoms with E-state index >= 15 is 0 Å². The zero-order valence-electron chi connectivity index (χ0n) is 13.2. The lowest BCUT2D eigenvalue weighted by Gasteiger charge is -2.06. The molecule has 0 fully saturated rings. The van der Waals surface area contributed by atoms with E-state index in [4.69, 9.17) is 4.74 Å². The number of ether oxygens (including phenoxy) is 1. The summed E-state index contributed by atoms with van der Waals surface area (Å²) in [5.74, 6) is 1.05. The molecule has 0 spiro atoms. The molecule has 25 heavy (non-hydrogen) atoms. The molecule has 3 aromatic rings. The Kier molecular flexibility index (Phi) is 6.06. The Hall–Kier alpha value is -1.90. The molecule has 2 aromatic carbocycles. The third-order valence-electron chi connectivity index (χ3n) is 3.25. The number of benzene rings is 2. The quantitative estimate of drug-likeness (QED) is 0.442. The lowest BCUT2D eigenvalue weighted by Crippen LogP contribution is -2.12. The minimum absolute atomic E-state index is 0.266. The molecule has 0 unspecified atom stereocenters. The highest BCUT2D eigenvalue weighted by atomic mass is 79.9. The zero-order chi connectivity index (χ0) is 17.6. The van der Waals surface area contributed by atoms with Gasteiger partial charge in [-0.2, -0.15) is 0 Å². The van der Waals surface area contributed by atoms with Crippen molar-refractivity contribution in [1.29, 1.82) is 0 Å². The van der Waals surface area contributed by atoms with Gasteiger partial charge in [-0.3, -0.25) is 10.1 Å². The molecule has 0 bridgehead atoms. The second-order valence-corrected chi connectivity index (χ2v) is 8.06. The van der Waals surface area contributed by atoms with Gasteiger partial charge in [-0.05, 0) is 29.8 Å². The van der Waals surface area contributed by atoms with Crippen molar-refractivity contribution < 1.29 is 9.53 Å². The Balaban J connectivity index is 1.61. The van der Waals surface area contributed by atoms with Crippen molar-refractivity contribution in [2.45, 2.75) is 10.1 Å². The molecule has 0 aliphatic carbocycles. The van der Waals surface area contributed by atoms with Crippen molar-refractivity contribution in [3.63, 3.8) is 0 Å². The molecule has 0 saturated heterocycles. The minimum atomic E-state index is -0.266. The topological polar surface area (TPSA) is 64.1 Å². The lowest BCUT2D eigenvalue weighted by molar-refractivity contribution is 0.102. The number of para-hydroxylation sites is 1. The molecule has 0 aliphatic heterocycles. The minimum Gasteiger partial charge on any atom is -0.496 e. The van der Waals surface area contributed by atoms with E-state index in [0.717, 1.165) is 14.6 Å². The molecular weight excluding hydrogens is 422 g/mol. The maximum absolute atomic E-state index is 12.4. The lowest BCUT2D eigenvalue weighted by atomic mass is 10.2. The Morgan fingerprint density at radius 2 is 1.96 bits per heavy atom. The van der Waals surface area contributed by atoms with Crippen LogP contribution in [0.1, 0.15) is 15.9 Å². The molecule has 0 aliphatic rings. The van der Waals surface area contributed by atoms with E-state index in [0.29, 0.717) is 16.4 Å². The van der Waals surface area contributed by atoms with Crippen LogP contribution in [0.2, 0.25) is 0 Å². The Morgan fingerprint density at radius 1 is 1.20 bits per heavy atom. The van der Waals surface area contributed by atoms with Gasteiger partial charge in [0.25, 0.3) is 5.91 Å². The van der Waals surface area contributed by atoms with Crippen LogP contribution < -0.4 is 10.1 Å². The van der Waals surface area contributed by atoms with Gasteiger partial charge in [0.1, 0.15) is 5.75 Å². The Bertz CT molecular complexity index is 868. The van der Waals surface area contributed by atoms with Crippen molar-refractivity contribution in [1.82, 2.24) is 10.2 Å². The van der Waals surface area contributed by atoms with Gasteiger partial charge in [-0.1, -0.05) is 63.3 Å². The van der Waals surface area contributed by atoms with E-state index in [1.54, 1.807) is 30.0 Å². The highest BCUT2D eigenvalue weighted by Crippen LogP contribution is 2.29. The number of anilines is 1. The van der Waals surface area contributed by atoms with Gasteiger partial charge >= 0.3 is 0 Å². The fraction of sp³-hybridized carbons (Fsp3) is 0.118. The number of amides is 1. The highest BCUT2D eigenvalue weighted by Gasteiger charge is 2.14. The summed E-state index contributed by atoms with van der Waals surface area (Å²) in [6.07, 6.45) is 0. The first-order chi connectivity index (χ1) is 12.2. The molecule has 1 N–H and O–H groups in total. The van der Waals surface area contributed by atoms with E-state index in [9.17, 15) is 4.79 Å². The summed E-state index contributed by atoms with van der Waals surface area (Å²) >= 11 is 6.36. The summed E-state index contributed by atoms with van der Waals surface area (Å²) in [5, 5.41) is 11.4. The maximum Gasteiger partial charge on any atom is 0.261 e. The van der Waals surface area contributed by atoms with Gasteiger partial charge in [-0.15, -0.1) is 10.2 Å². The second-order valence-electron chi connectivity index (χ2n) is 4.94. The van der Waals surface area contributed by atoms with Gasteiger partial charge < -0.3 is 4.74 Å². The molecule has 0 atom stereocenters. The molecule has 8 heteroatoms. The molecule has 1 amide bonds. The smallest absolute Gasteiger partial charge is 0.261 e. The van der Waals surface area contributed by atoms with Crippen LogP contribution in [0.25, 0.3) is 0 Å². The molecular formula is C17H14BrN3O2S2. The third kappa shape index (κ3) is 4.81. The maximum atomic E-state index is 12.4. The van der Waals surface area contributed by atoms with Crippen LogP contribution >= 0.6 is 39.0 Å². The molecule has 0 radical (unpaired) electrons. The summed E-state index contributed by atoms with van der Waals surface area (Å²) in [7, 11) is 1.54.